The molecule has 90 valence electrons. The van der Waals surface area contributed by atoms with Crippen molar-refractivity contribution < 1.29 is 4.74 Å². The van der Waals surface area contributed by atoms with Gasteiger partial charge in [-0.05, 0) is 37.0 Å². The molecule has 1 aromatic carbocycles. The Kier molecular flexibility index (Phi) is 4.81. The lowest BCUT2D eigenvalue weighted by Gasteiger charge is -2.16. The normalized spacial score (nSPS) is 12.6. The number of benzene rings is 1. The maximum absolute atomic E-state index is 6.17. The smallest absolute Gasteiger partial charge is 0.124 e. The molecule has 0 radical (unpaired) electrons. The zero-order chi connectivity index (χ0) is 12.1. The predicted molar refractivity (Wildman–Crippen MR) is 68.9 cm³/mol. The summed E-state index contributed by atoms with van der Waals surface area (Å²) in [6, 6.07) is 4.45. The third-order valence-electron chi connectivity index (χ3n) is 2.98. The maximum Gasteiger partial charge on any atom is 0.124 e. The van der Waals surface area contributed by atoms with Gasteiger partial charge in [0.25, 0.3) is 0 Å². The molecule has 0 saturated heterocycles. The Morgan fingerprint density at radius 2 is 1.81 bits per heavy atom. The lowest BCUT2D eigenvalue weighted by Crippen LogP contribution is -2.11. The zero-order valence-electron chi connectivity index (χ0n) is 10.8. The molecule has 0 heterocycles. The molecule has 0 fully saturated rings. The Balaban J connectivity index is 2.90. The molecule has 0 amide bonds. The number of ether oxygens (including phenoxy) is 1. The highest BCUT2D eigenvalue weighted by Crippen LogP contribution is 2.27. The van der Waals surface area contributed by atoms with Crippen molar-refractivity contribution in [3.8, 4) is 5.75 Å². The van der Waals surface area contributed by atoms with Crippen LogP contribution in [0.15, 0.2) is 12.1 Å². The van der Waals surface area contributed by atoms with Gasteiger partial charge in [0.1, 0.15) is 5.75 Å². The number of unbranched alkanes of at least 4 members (excludes halogenated alkanes) is 1. The van der Waals surface area contributed by atoms with Crippen molar-refractivity contribution in [3.63, 3.8) is 0 Å². The first-order valence-electron chi connectivity index (χ1n) is 6.00. The largest absolute Gasteiger partial charge is 0.496 e. The minimum atomic E-state index is 0.156. The Morgan fingerprint density at radius 1 is 1.25 bits per heavy atom. The van der Waals surface area contributed by atoms with Crippen LogP contribution < -0.4 is 10.5 Å². The zero-order valence-corrected chi connectivity index (χ0v) is 10.8. The van der Waals surface area contributed by atoms with Crippen molar-refractivity contribution in [1.82, 2.24) is 0 Å². The first kappa shape index (κ1) is 13.0. The number of methoxy groups -OCH3 is 1. The lowest BCUT2D eigenvalue weighted by atomic mass is 9.97. The number of aryl methyl sites for hydroxylation is 2. The summed E-state index contributed by atoms with van der Waals surface area (Å²) < 4.78 is 5.35. The first-order chi connectivity index (χ1) is 7.60. The summed E-state index contributed by atoms with van der Waals surface area (Å²) in [5.41, 5.74) is 9.74. The van der Waals surface area contributed by atoms with Crippen LogP contribution in [0.2, 0.25) is 0 Å². The van der Waals surface area contributed by atoms with Crippen LogP contribution in [0.1, 0.15) is 48.9 Å². The van der Waals surface area contributed by atoms with Crippen LogP contribution in [-0.4, -0.2) is 7.11 Å². The summed E-state index contributed by atoms with van der Waals surface area (Å²) >= 11 is 0. The van der Waals surface area contributed by atoms with E-state index in [-0.39, 0.29) is 6.04 Å². The molecule has 1 rings (SSSR count). The summed E-state index contributed by atoms with van der Waals surface area (Å²) in [7, 11) is 1.71. The molecule has 0 aliphatic heterocycles. The highest BCUT2D eigenvalue weighted by atomic mass is 16.5. The summed E-state index contributed by atoms with van der Waals surface area (Å²) in [5.74, 6) is 0.978. The van der Waals surface area contributed by atoms with Gasteiger partial charge in [0.05, 0.1) is 7.11 Å². The Hall–Kier alpha value is -1.02. The molecule has 1 atom stereocenters. The molecule has 0 saturated carbocycles. The van der Waals surface area contributed by atoms with Gasteiger partial charge in [-0.15, -0.1) is 0 Å². The van der Waals surface area contributed by atoms with Gasteiger partial charge in [-0.1, -0.05) is 31.9 Å². The monoisotopic (exact) mass is 221 g/mol. The van der Waals surface area contributed by atoms with E-state index in [1.807, 2.05) is 0 Å². The number of hydrogen-bond donors (Lipinski definition) is 1. The Bertz CT molecular complexity index is 324. The standard InChI is InChI=1S/C14H23NO/c1-5-6-7-13(15)12-8-10(2)14(16-4)11(3)9-12/h8-9,13H,5-7,15H2,1-4H3/t13-/m0/s1. The molecule has 0 aliphatic carbocycles. The summed E-state index contributed by atoms with van der Waals surface area (Å²) in [4.78, 5) is 0. The molecule has 0 spiro atoms. The molecule has 16 heavy (non-hydrogen) atoms. The van der Waals surface area contributed by atoms with Crippen LogP contribution in [-0.2, 0) is 0 Å². The number of hydrogen-bond acceptors (Lipinski definition) is 2. The maximum atomic E-state index is 6.17. The Morgan fingerprint density at radius 3 is 2.25 bits per heavy atom. The van der Waals surface area contributed by atoms with Crippen molar-refractivity contribution in [1.29, 1.82) is 0 Å². The fourth-order valence-corrected chi connectivity index (χ4v) is 2.11. The molecular weight excluding hydrogens is 198 g/mol. The van der Waals surface area contributed by atoms with Crippen molar-refractivity contribution >= 4 is 0 Å². The molecule has 0 bridgehead atoms. The van der Waals surface area contributed by atoms with E-state index in [0.29, 0.717) is 0 Å². The quantitative estimate of drug-likeness (QED) is 0.826. The van der Waals surface area contributed by atoms with Gasteiger partial charge in [0.15, 0.2) is 0 Å². The van der Waals surface area contributed by atoms with Crippen LogP contribution in [0, 0.1) is 13.8 Å². The summed E-state index contributed by atoms with van der Waals surface area (Å²) in [6.45, 7) is 6.33. The molecule has 1 aromatic rings. The molecule has 0 aromatic heterocycles. The van der Waals surface area contributed by atoms with E-state index in [9.17, 15) is 0 Å². The molecule has 2 heteroatoms. The van der Waals surface area contributed by atoms with E-state index in [1.54, 1.807) is 7.11 Å². The fraction of sp³-hybridized carbons (Fsp3) is 0.571. The lowest BCUT2D eigenvalue weighted by molar-refractivity contribution is 0.408. The SMILES string of the molecule is CCCC[C@H](N)c1cc(C)c(OC)c(C)c1. The van der Waals surface area contributed by atoms with Crippen LogP contribution in [0.4, 0.5) is 0 Å². The predicted octanol–water partition coefficient (Wildman–Crippen LogP) is 3.50. The molecule has 2 nitrogen and oxygen atoms in total. The highest BCUT2D eigenvalue weighted by molar-refractivity contribution is 5.44. The van der Waals surface area contributed by atoms with Crippen LogP contribution in [0.5, 0.6) is 5.75 Å². The average molecular weight is 221 g/mol. The van der Waals surface area contributed by atoms with Crippen molar-refractivity contribution in [2.45, 2.75) is 46.1 Å². The molecule has 0 aliphatic rings. The van der Waals surface area contributed by atoms with E-state index < -0.39 is 0 Å². The van der Waals surface area contributed by atoms with Crippen molar-refractivity contribution in [3.05, 3.63) is 28.8 Å². The van der Waals surface area contributed by atoms with E-state index in [1.165, 1.54) is 29.5 Å². The minimum Gasteiger partial charge on any atom is -0.496 e. The molecule has 0 unspecified atom stereocenters. The van der Waals surface area contributed by atoms with Crippen LogP contribution >= 0.6 is 0 Å². The second kappa shape index (κ2) is 5.90. The van der Waals surface area contributed by atoms with E-state index in [0.717, 1.165) is 12.2 Å². The van der Waals surface area contributed by atoms with E-state index in [2.05, 4.69) is 32.9 Å². The van der Waals surface area contributed by atoms with Gasteiger partial charge in [-0.3, -0.25) is 0 Å². The van der Waals surface area contributed by atoms with Gasteiger partial charge in [-0.2, -0.15) is 0 Å². The fourth-order valence-electron chi connectivity index (χ4n) is 2.11. The Labute approximate surface area is 98.8 Å². The second-order valence-corrected chi connectivity index (χ2v) is 4.44. The summed E-state index contributed by atoms with van der Waals surface area (Å²) in [5, 5.41) is 0. The van der Waals surface area contributed by atoms with Crippen molar-refractivity contribution in [2.75, 3.05) is 7.11 Å². The average Bonchev–Trinajstić information content (AvgIpc) is 2.25. The van der Waals surface area contributed by atoms with Gasteiger partial charge in [-0.25, -0.2) is 0 Å². The third kappa shape index (κ3) is 2.99. The first-order valence-corrected chi connectivity index (χ1v) is 6.00. The van der Waals surface area contributed by atoms with Crippen LogP contribution in [0.3, 0.4) is 0 Å². The van der Waals surface area contributed by atoms with Crippen molar-refractivity contribution in [2.24, 2.45) is 5.73 Å². The van der Waals surface area contributed by atoms with Gasteiger partial charge in [0.2, 0.25) is 0 Å². The van der Waals surface area contributed by atoms with Gasteiger partial charge in [0, 0.05) is 6.04 Å². The molecular formula is C14H23NO. The topological polar surface area (TPSA) is 35.2 Å². The summed E-state index contributed by atoms with van der Waals surface area (Å²) in [6.07, 6.45) is 3.44. The van der Waals surface area contributed by atoms with E-state index in [4.69, 9.17) is 10.5 Å². The van der Waals surface area contributed by atoms with E-state index >= 15 is 0 Å². The van der Waals surface area contributed by atoms with Gasteiger partial charge >= 0.3 is 0 Å². The van der Waals surface area contributed by atoms with Gasteiger partial charge < -0.3 is 10.5 Å². The third-order valence-corrected chi connectivity index (χ3v) is 2.98. The number of nitrogens with two attached hydrogens (primary N) is 1. The minimum absolute atomic E-state index is 0.156. The second-order valence-electron chi connectivity index (χ2n) is 4.44. The van der Waals surface area contributed by atoms with Crippen LogP contribution in [0.25, 0.3) is 0 Å². The number of rotatable bonds is 5. The molecule has 2 N–H and O–H groups in total. The highest BCUT2D eigenvalue weighted by Gasteiger charge is 2.10.